The van der Waals surface area contributed by atoms with Gasteiger partial charge in [-0.2, -0.15) is 29.9 Å². The van der Waals surface area contributed by atoms with Crippen LogP contribution in [0.2, 0.25) is 10.6 Å². The summed E-state index contributed by atoms with van der Waals surface area (Å²) in [6, 6.07) is 19.7. The first-order valence-corrected chi connectivity index (χ1v) is 16.4. The fourth-order valence-electron chi connectivity index (χ4n) is 3.94. The smallest absolute Gasteiger partial charge is 0.744 e. The van der Waals surface area contributed by atoms with Crippen LogP contribution in [0.5, 0.6) is 0 Å². The number of halogens is 2. The summed E-state index contributed by atoms with van der Waals surface area (Å²) in [5, 5.41) is 10.3. The van der Waals surface area contributed by atoms with E-state index >= 15 is 0 Å². The Morgan fingerprint density at radius 1 is 0.542 bits per heavy atom. The molecule has 0 radical (unpaired) electrons. The standard InChI is InChI=1S/C26H22Cl2N10O6S2.2Na/c27-21-33-23(29-13-15-7-3-1-4-8-15)37-25(35-21)31-17-11-18(20(46(42,43)44)12-19(17)45(39,40)41)32-26-36-22(28)34-24(38-26)30-14-16-9-5-2-6-10-16;;/h1-12H,13-14H2,(H,39,40,41)(H,42,43,44)(H2,29,31,33,35,37)(H2,30,32,34,36,38);;/q;2*+1/p-2. The number of aromatic nitrogens is 6. The molecule has 0 saturated carbocycles. The SMILES string of the molecule is O=S(=O)([O-])c1cc(S(=O)(=O)[O-])c(Nc2nc(Cl)nc(NCc3ccccc3)n2)cc1Nc1nc(Cl)nc(NCc2ccccc2)n1.[Na+].[Na+]. The van der Waals surface area contributed by atoms with E-state index in [9.17, 15) is 25.9 Å². The summed E-state index contributed by atoms with van der Waals surface area (Å²) >= 11 is 12.1. The van der Waals surface area contributed by atoms with E-state index in [1.54, 1.807) is 0 Å². The third-order valence-corrected chi connectivity index (χ3v) is 8.01. The Balaban J connectivity index is 0.00000312. The maximum atomic E-state index is 12.2. The van der Waals surface area contributed by atoms with Crippen molar-refractivity contribution in [1.29, 1.82) is 0 Å². The Morgan fingerprint density at radius 2 is 0.896 bits per heavy atom. The van der Waals surface area contributed by atoms with E-state index in [1.807, 2.05) is 60.7 Å². The number of rotatable bonds is 12. The average molecular weight is 750 g/mol. The van der Waals surface area contributed by atoms with Gasteiger partial charge in [0.05, 0.1) is 21.2 Å². The number of anilines is 6. The normalized spacial score (nSPS) is 11.1. The molecule has 238 valence electrons. The maximum Gasteiger partial charge on any atom is 1.00 e. The van der Waals surface area contributed by atoms with Gasteiger partial charge in [0.1, 0.15) is 20.2 Å². The molecule has 0 aliphatic carbocycles. The summed E-state index contributed by atoms with van der Waals surface area (Å²) in [6.45, 7) is 0.587. The van der Waals surface area contributed by atoms with Crippen LogP contribution in [0.15, 0.2) is 82.6 Å². The second-order valence-corrected chi connectivity index (χ2v) is 12.6. The molecule has 22 heteroatoms. The maximum absolute atomic E-state index is 12.2. The molecule has 0 fully saturated rings. The molecule has 0 spiro atoms. The largest absolute Gasteiger partial charge is 1.00 e. The molecule has 16 nitrogen and oxygen atoms in total. The second-order valence-electron chi connectivity index (χ2n) is 9.18. The Bertz CT molecular complexity index is 1960. The average Bonchev–Trinajstić information content (AvgIpc) is 2.98. The van der Waals surface area contributed by atoms with Crippen LogP contribution < -0.4 is 80.4 Å². The van der Waals surface area contributed by atoms with Gasteiger partial charge in [-0.25, -0.2) is 16.8 Å². The molecule has 2 heterocycles. The zero-order valence-electron chi connectivity index (χ0n) is 25.0. The molecule has 4 N–H and O–H groups in total. The van der Waals surface area contributed by atoms with Gasteiger partial charge >= 0.3 is 59.1 Å². The van der Waals surface area contributed by atoms with Crippen molar-refractivity contribution in [2.45, 2.75) is 22.9 Å². The van der Waals surface area contributed by atoms with Gasteiger partial charge in [0.15, 0.2) is 0 Å². The van der Waals surface area contributed by atoms with Crippen LogP contribution in [0.25, 0.3) is 0 Å². The zero-order valence-corrected chi connectivity index (χ0v) is 32.2. The van der Waals surface area contributed by atoms with Crippen LogP contribution in [-0.4, -0.2) is 55.8 Å². The first kappa shape index (κ1) is 39.7. The summed E-state index contributed by atoms with van der Waals surface area (Å²) in [5.41, 5.74) is 0.748. The van der Waals surface area contributed by atoms with E-state index in [-0.39, 0.29) is 93.5 Å². The number of hydrogen-bond acceptors (Lipinski definition) is 16. The van der Waals surface area contributed by atoms with Gasteiger partial charge in [0, 0.05) is 13.1 Å². The second kappa shape index (κ2) is 17.3. The molecule has 0 aliphatic heterocycles. The molecule has 0 atom stereocenters. The molecule has 0 amide bonds. The predicted molar refractivity (Wildman–Crippen MR) is 166 cm³/mol. The Kier molecular flexibility index (Phi) is 14.3. The van der Waals surface area contributed by atoms with Crippen LogP contribution in [0.1, 0.15) is 11.1 Å². The van der Waals surface area contributed by atoms with Gasteiger partial charge in [-0.1, -0.05) is 60.7 Å². The molecule has 2 aromatic heterocycles. The van der Waals surface area contributed by atoms with E-state index in [0.717, 1.165) is 17.2 Å². The molecule has 0 unspecified atom stereocenters. The molecular formula is C26H20Cl2N10Na2O6S2. The Morgan fingerprint density at radius 3 is 1.25 bits per heavy atom. The summed E-state index contributed by atoms with van der Waals surface area (Å²) in [7, 11) is -10.8. The van der Waals surface area contributed by atoms with E-state index in [1.165, 1.54) is 0 Å². The van der Waals surface area contributed by atoms with Gasteiger partial charge in [-0.05, 0) is 46.5 Å². The van der Waals surface area contributed by atoms with E-state index in [4.69, 9.17) is 23.2 Å². The summed E-state index contributed by atoms with van der Waals surface area (Å²) in [4.78, 5) is 21.8. The number of benzene rings is 3. The minimum absolute atomic E-state index is 0. The number of nitrogens with one attached hydrogen (secondary N) is 4. The monoisotopic (exact) mass is 748 g/mol. The van der Waals surface area contributed by atoms with Crippen LogP contribution in [0, 0.1) is 0 Å². The Hall–Kier alpha value is -2.72. The van der Waals surface area contributed by atoms with Crippen molar-refractivity contribution in [3.05, 3.63) is 94.5 Å². The van der Waals surface area contributed by atoms with Crippen LogP contribution >= 0.6 is 23.2 Å². The van der Waals surface area contributed by atoms with Crippen molar-refractivity contribution >= 4 is 78.6 Å². The summed E-state index contributed by atoms with van der Waals surface area (Å²) in [6.07, 6.45) is 0. The van der Waals surface area contributed by atoms with E-state index in [0.29, 0.717) is 19.2 Å². The van der Waals surface area contributed by atoms with Crippen LogP contribution in [0.3, 0.4) is 0 Å². The fourth-order valence-corrected chi connectivity index (χ4v) is 5.61. The van der Waals surface area contributed by atoms with Gasteiger partial charge in [0.2, 0.25) is 34.4 Å². The predicted octanol–water partition coefficient (Wildman–Crippen LogP) is -2.11. The van der Waals surface area contributed by atoms with E-state index < -0.39 is 41.4 Å². The molecule has 48 heavy (non-hydrogen) atoms. The van der Waals surface area contributed by atoms with Gasteiger partial charge < -0.3 is 30.4 Å². The topological polar surface area (TPSA) is 240 Å². The Labute approximate surface area is 329 Å². The zero-order chi connectivity index (χ0) is 32.9. The van der Waals surface area contributed by atoms with Crippen molar-refractivity contribution in [2.24, 2.45) is 0 Å². The van der Waals surface area contributed by atoms with Crippen LogP contribution in [0.4, 0.5) is 35.2 Å². The molecule has 5 aromatic rings. The third kappa shape index (κ3) is 11.2. The molecule has 0 bridgehead atoms. The molecule has 3 aromatic carbocycles. The van der Waals surface area contributed by atoms with E-state index in [2.05, 4.69) is 51.2 Å². The van der Waals surface area contributed by atoms with Gasteiger partial charge in [0.25, 0.3) is 0 Å². The van der Waals surface area contributed by atoms with Crippen molar-refractivity contribution in [2.75, 3.05) is 21.3 Å². The minimum Gasteiger partial charge on any atom is -0.744 e. The van der Waals surface area contributed by atoms with Crippen molar-refractivity contribution < 1.29 is 85.1 Å². The number of nitrogens with zero attached hydrogens (tertiary/aromatic N) is 6. The summed E-state index contributed by atoms with van der Waals surface area (Å²) < 4.78 is 73.2. The molecule has 5 rings (SSSR count). The van der Waals surface area contributed by atoms with Gasteiger partial charge in [-0.3, -0.25) is 0 Å². The summed E-state index contributed by atoms with van der Waals surface area (Å²) in [5.74, 6) is -0.657. The fraction of sp³-hybridized carbons (Fsp3) is 0.0769. The van der Waals surface area contributed by atoms with Gasteiger partial charge in [-0.15, -0.1) is 0 Å². The number of hydrogen-bond donors (Lipinski definition) is 4. The molecule has 0 saturated heterocycles. The van der Waals surface area contributed by atoms with Crippen molar-refractivity contribution in [3.63, 3.8) is 0 Å². The quantitative estimate of drug-likeness (QED) is 0.0789. The molecule has 0 aliphatic rings. The van der Waals surface area contributed by atoms with Crippen molar-refractivity contribution in [3.8, 4) is 0 Å². The first-order valence-electron chi connectivity index (χ1n) is 12.9. The molecular weight excluding hydrogens is 729 g/mol. The first-order chi connectivity index (χ1) is 21.8. The van der Waals surface area contributed by atoms with Crippen LogP contribution in [-0.2, 0) is 33.3 Å². The third-order valence-electron chi connectivity index (χ3n) is 5.92. The van der Waals surface area contributed by atoms with Crippen molar-refractivity contribution in [1.82, 2.24) is 29.9 Å². The minimum atomic E-state index is -5.38.